The Morgan fingerprint density at radius 2 is 1.75 bits per heavy atom. The van der Waals surface area contributed by atoms with Crippen LogP contribution in [0.25, 0.3) is 0 Å². The molecule has 0 unspecified atom stereocenters. The number of halogens is 1. The van der Waals surface area contributed by atoms with E-state index in [-0.39, 0.29) is 23.5 Å². The van der Waals surface area contributed by atoms with Gasteiger partial charge in [-0.15, -0.1) is 0 Å². The summed E-state index contributed by atoms with van der Waals surface area (Å²) in [5.74, 6) is -0.455. The molecule has 2 aromatic rings. The Bertz CT molecular complexity index is 944. The van der Waals surface area contributed by atoms with Gasteiger partial charge in [0.25, 0.3) is 0 Å². The first-order chi connectivity index (χ1) is 15.5. The van der Waals surface area contributed by atoms with Gasteiger partial charge >= 0.3 is 0 Å². The molecule has 2 aromatic carbocycles. The molecule has 1 atom stereocenters. The normalized spacial score (nSPS) is 19.8. The zero-order valence-electron chi connectivity index (χ0n) is 18.6. The van der Waals surface area contributed by atoms with Crippen LogP contribution in [-0.4, -0.2) is 73.3 Å². The van der Waals surface area contributed by atoms with Gasteiger partial charge in [-0.25, -0.2) is 4.39 Å². The van der Waals surface area contributed by atoms with Gasteiger partial charge in [0.15, 0.2) is 5.78 Å². The van der Waals surface area contributed by atoms with E-state index in [0.717, 1.165) is 26.1 Å². The number of nitrogens with zero attached hydrogens (tertiary/aromatic N) is 3. The molecule has 0 saturated carbocycles. The summed E-state index contributed by atoms with van der Waals surface area (Å²) in [6.45, 7) is 7.29. The second-order valence-electron chi connectivity index (χ2n) is 8.76. The number of carbonyl (C=O) groups is 2. The molecule has 2 saturated heterocycles. The number of nitrogens with one attached hydrogen (secondary N) is 1. The van der Waals surface area contributed by atoms with Gasteiger partial charge in [-0.05, 0) is 37.1 Å². The van der Waals surface area contributed by atoms with Crippen LogP contribution in [0.15, 0.2) is 48.5 Å². The zero-order chi connectivity index (χ0) is 22.5. The van der Waals surface area contributed by atoms with Gasteiger partial charge in [0.2, 0.25) is 5.91 Å². The molecule has 1 N–H and O–H groups in total. The lowest BCUT2D eigenvalue weighted by atomic mass is 10.1. The second kappa shape index (κ2) is 10.2. The van der Waals surface area contributed by atoms with Crippen molar-refractivity contribution in [2.24, 2.45) is 0 Å². The van der Waals surface area contributed by atoms with E-state index in [2.05, 4.69) is 39.4 Å². The molecule has 2 aliphatic heterocycles. The predicted octanol–water partition coefficient (Wildman–Crippen LogP) is 2.54. The monoisotopic (exact) mass is 438 g/mol. The van der Waals surface area contributed by atoms with Gasteiger partial charge in [-0.2, -0.15) is 0 Å². The summed E-state index contributed by atoms with van der Waals surface area (Å²) in [5, 5.41) is 3.18. The molecule has 0 bridgehead atoms. The van der Waals surface area contributed by atoms with Crippen LogP contribution in [0.2, 0.25) is 0 Å². The number of hydrogen-bond donors (Lipinski definition) is 1. The van der Waals surface area contributed by atoms with Gasteiger partial charge in [-0.1, -0.05) is 30.3 Å². The van der Waals surface area contributed by atoms with Crippen LogP contribution < -0.4 is 10.2 Å². The van der Waals surface area contributed by atoms with Crippen LogP contribution in [0.3, 0.4) is 0 Å². The van der Waals surface area contributed by atoms with Gasteiger partial charge in [0.05, 0.1) is 12.2 Å². The molecule has 4 rings (SSSR count). The summed E-state index contributed by atoms with van der Waals surface area (Å²) < 4.78 is 14.4. The summed E-state index contributed by atoms with van der Waals surface area (Å²) in [7, 11) is 0. The largest absolute Gasteiger partial charge is 0.367 e. The Labute approximate surface area is 189 Å². The first-order valence-corrected chi connectivity index (χ1v) is 11.3. The number of carbonyl (C=O) groups excluding carboxylic acids is 2. The molecule has 2 fully saturated rings. The summed E-state index contributed by atoms with van der Waals surface area (Å²) in [6, 6.07) is 15.3. The lowest BCUT2D eigenvalue weighted by Gasteiger charge is -2.36. The highest BCUT2D eigenvalue weighted by Crippen LogP contribution is 2.22. The fourth-order valence-electron chi connectivity index (χ4n) is 4.54. The van der Waals surface area contributed by atoms with Crippen LogP contribution in [0.4, 0.5) is 10.1 Å². The number of ketones is 1. The Kier molecular flexibility index (Phi) is 7.17. The Morgan fingerprint density at radius 1 is 1.00 bits per heavy atom. The van der Waals surface area contributed by atoms with Crippen molar-refractivity contribution in [1.82, 2.24) is 15.1 Å². The first kappa shape index (κ1) is 22.4. The molecule has 6 nitrogen and oxygen atoms in total. The number of anilines is 1. The lowest BCUT2D eigenvalue weighted by molar-refractivity contribution is -0.123. The van der Waals surface area contributed by atoms with Crippen LogP contribution in [0, 0.1) is 5.82 Å². The number of Topliss-reactive ketones (excluding diaryl/α,β-unsaturated/α-hetero) is 1. The molecule has 0 aromatic heterocycles. The summed E-state index contributed by atoms with van der Waals surface area (Å²) >= 11 is 0. The van der Waals surface area contributed by atoms with Crippen LogP contribution in [0.5, 0.6) is 0 Å². The van der Waals surface area contributed by atoms with Crippen LogP contribution in [-0.2, 0) is 11.3 Å². The Hall–Kier alpha value is -2.77. The molecular formula is C25H31FN4O2. The topological polar surface area (TPSA) is 55.9 Å². The quantitative estimate of drug-likeness (QED) is 0.674. The van der Waals surface area contributed by atoms with Crippen molar-refractivity contribution in [1.29, 1.82) is 0 Å². The standard InChI is InChI=1S/C25H31FN4O2/c1-19(31)21-7-8-24(23(26)15-21)30-13-11-28(12-14-30)18-25(32)27-22-9-10-29(17-22)16-20-5-3-2-4-6-20/h2-8,15,22H,9-14,16-18H2,1H3,(H,27,32)/t22-/m0/s1. The summed E-state index contributed by atoms with van der Waals surface area (Å²) in [5.41, 5.74) is 2.20. The van der Waals surface area contributed by atoms with Gasteiger partial charge in [-0.3, -0.25) is 19.4 Å². The molecule has 2 aliphatic rings. The second-order valence-corrected chi connectivity index (χ2v) is 8.76. The minimum Gasteiger partial charge on any atom is -0.367 e. The number of piperazine rings is 1. The minimum atomic E-state index is -0.370. The SMILES string of the molecule is CC(=O)c1ccc(N2CCN(CC(=O)N[C@H]3CCN(Cc4ccccc4)C3)CC2)c(F)c1. The van der Waals surface area contributed by atoms with E-state index in [9.17, 15) is 14.0 Å². The van der Waals surface area contributed by atoms with Gasteiger partial charge in [0, 0.05) is 57.4 Å². The average molecular weight is 439 g/mol. The zero-order valence-corrected chi connectivity index (χ0v) is 18.6. The fraction of sp³-hybridized carbons (Fsp3) is 0.440. The molecule has 0 spiro atoms. The Balaban J connectivity index is 1.20. The first-order valence-electron chi connectivity index (χ1n) is 11.3. The summed E-state index contributed by atoms with van der Waals surface area (Å²) in [6.07, 6.45) is 0.974. The predicted molar refractivity (Wildman–Crippen MR) is 123 cm³/mol. The third-order valence-corrected chi connectivity index (χ3v) is 6.32. The van der Waals surface area contributed by atoms with Crippen LogP contribution >= 0.6 is 0 Å². The van der Waals surface area contributed by atoms with E-state index in [0.29, 0.717) is 44.0 Å². The molecular weight excluding hydrogens is 407 g/mol. The number of amides is 1. The molecule has 2 heterocycles. The van der Waals surface area contributed by atoms with Gasteiger partial charge in [0.1, 0.15) is 5.82 Å². The average Bonchev–Trinajstić information content (AvgIpc) is 3.21. The van der Waals surface area contributed by atoms with Crippen molar-refractivity contribution in [3.63, 3.8) is 0 Å². The molecule has 0 radical (unpaired) electrons. The molecule has 170 valence electrons. The maximum atomic E-state index is 14.4. The number of benzene rings is 2. The van der Waals surface area contributed by atoms with Crippen molar-refractivity contribution >= 4 is 17.4 Å². The lowest BCUT2D eigenvalue weighted by Crippen LogP contribution is -2.51. The maximum absolute atomic E-state index is 14.4. The third-order valence-electron chi connectivity index (χ3n) is 6.32. The van der Waals surface area contributed by atoms with E-state index >= 15 is 0 Å². The van der Waals surface area contributed by atoms with Crippen molar-refractivity contribution in [3.8, 4) is 0 Å². The van der Waals surface area contributed by atoms with Crippen molar-refractivity contribution in [2.75, 3.05) is 50.7 Å². The van der Waals surface area contributed by atoms with Crippen molar-refractivity contribution in [2.45, 2.75) is 25.9 Å². The van der Waals surface area contributed by atoms with E-state index in [1.165, 1.54) is 18.6 Å². The highest BCUT2D eigenvalue weighted by molar-refractivity contribution is 5.94. The minimum absolute atomic E-state index is 0.0574. The Morgan fingerprint density at radius 3 is 2.44 bits per heavy atom. The molecule has 32 heavy (non-hydrogen) atoms. The highest BCUT2D eigenvalue weighted by Gasteiger charge is 2.26. The smallest absolute Gasteiger partial charge is 0.234 e. The summed E-state index contributed by atoms with van der Waals surface area (Å²) in [4.78, 5) is 30.5. The molecule has 0 aliphatic carbocycles. The number of likely N-dealkylation sites (tertiary alicyclic amines) is 1. The van der Waals surface area contributed by atoms with E-state index < -0.39 is 0 Å². The van der Waals surface area contributed by atoms with E-state index in [4.69, 9.17) is 0 Å². The van der Waals surface area contributed by atoms with Gasteiger partial charge < -0.3 is 10.2 Å². The number of rotatable bonds is 7. The van der Waals surface area contributed by atoms with Crippen molar-refractivity contribution in [3.05, 3.63) is 65.5 Å². The maximum Gasteiger partial charge on any atom is 0.234 e. The van der Waals surface area contributed by atoms with Crippen LogP contribution in [0.1, 0.15) is 29.3 Å². The highest BCUT2D eigenvalue weighted by atomic mass is 19.1. The van der Waals surface area contributed by atoms with E-state index in [1.54, 1.807) is 12.1 Å². The van der Waals surface area contributed by atoms with Crippen molar-refractivity contribution < 1.29 is 14.0 Å². The van der Waals surface area contributed by atoms with E-state index in [1.807, 2.05) is 11.0 Å². The fourth-order valence-corrected chi connectivity index (χ4v) is 4.54. The number of hydrogen-bond acceptors (Lipinski definition) is 5. The third kappa shape index (κ3) is 5.72. The molecule has 7 heteroatoms. The molecule has 1 amide bonds.